The molecule has 1 N–H and O–H groups in total. The van der Waals surface area contributed by atoms with Gasteiger partial charge < -0.3 is 15.0 Å². The molecule has 1 aliphatic rings. The van der Waals surface area contributed by atoms with Crippen molar-refractivity contribution in [3.05, 3.63) is 0 Å². The van der Waals surface area contributed by atoms with Crippen LogP contribution in [0.15, 0.2) is 0 Å². The van der Waals surface area contributed by atoms with E-state index in [4.69, 9.17) is 0 Å². The molecule has 5 nitrogen and oxygen atoms in total. The van der Waals surface area contributed by atoms with Crippen molar-refractivity contribution in [1.82, 2.24) is 10.2 Å². The van der Waals surface area contributed by atoms with E-state index in [1.165, 1.54) is 7.11 Å². The molecule has 0 aromatic heterocycles. The van der Waals surface area contributed by atoms with Crippen LogP contribution in [0.1, 0.15) is 33.1 Å². The molecule has 0 spiro atoms. The smallest absolute Gasteiger partial charge is 0.307 e. The van der Waals surface area contributed by atoms with Crippen LogP contribution in [0.5, 0.6) is 0 Å². The molecule has 1 fully saturated rings. The van der Waals surface area contributed by atoms with Gasteiger partial charge in [-0.25, -0.2) is 0 Å². The first-order valence-electron chi connectivity index (χ1n) is 7.11. The number of nitrogens with one attached hydrogen (secondary N) is 1. The monoisotopic (exact) mass is 270 g/mol. The first-order valence-corrected chi connectivity index (χ1v) is 7.11. The Morgan fingerprint density at radius 1 is 1.32 bits per heavy atom. The second-order valence-electron chi connectivity index (χ2n) is 5.53. The molecule has 0 unspecified atom stereocenters. The fourth-order valence-electron chi connectivity index (χ4n) is 2.39. The third-order valence-corrected chi connectivity index (χ3v) is 3.40. The number of hydrogen-bond acceptors (Lipinski definition) is 4. The molecule has 1 aliphatic heterocycles. The quantitative estimate of drug-likeness (QED) is 0.733. The maximum absolute atomic E-state index is 12.5. The molecule has 1 heterocycles. The van der Waals surface area contributed by atoms with Crippen molar-refractivity contribution in [1.29, 1.82) is 0 Å². The highest BCUT2D eigenvalue weighted by Crippen LogP contribution is 2.16. The summed E-state index contributed by atoms with van der Waals surface area (Å²) in [5.74, 6) is 0.451. The highest BCUT2D eigenvalue weighted by Gasteiger charge is 2.26. The highest BCUT2D eigenvalue weighted by molar-refractivity contribution is 5.79. The van der Waals surface area contributed by atoms with Crippen LogP contribution in [0.25, 0.3) is 0 Å². The van der Waals surface area contributed by atoms with Crippen molar-refractivity contribution in [3.8, 4) is 0 Å². The van der Waals surface area contributed by atoms with Gasteiger partial charge in [0.15, 0.2) is 0 Å². The summed E-state index contributed by atoms with van der Waals surface area (Å²) in [4.78, 5) is 25.5. The first kappa shape index (κ1) is 16.0. The van der Waals surface area contributed by atoms with Crippen molar-refractivity contribution >= 4 is 11.9 Å². The summed E-state index contributed by atoms with van der Waals surface area (Å²) in [7, 11) is 1.38. The Kier molecular flexibility index (Phi) is 6.84. The number of rotatable bonds is 6. The molecule has 0 atom stereocenters. The molecule has 110 valence electrons. The number of ether oxygens (including phenoxy) is 1. The number of methoxy groups -OCH3 is 1. The van der Waals surface area contributed by atoms with Gasteiger partial charge in [-0.15, -0.1) is 0 Å². The molecule has 1 amide bonds. The van der Waals surface area contributed by atoms with Crippen LogP contribution in [0, 0.1) is 11.8 Å². The SMILES string of the molecule is COC(=O)CCN(CC(C)C)C(=O)C1CCNCC1. The number of carbonyl (C=O) groups is 2. The molecule has 0 bridgehead atoms. The maximum Gasteiger partial charge on any atom is 0.307 e. The number of nitrogens with zero attached hydrogens (tertiary/aromatic N) is 1. The molecule has 1 saturated heterocycles. The van der Waals surface area contributed by atoms with Crippen LogP contribution >= 0.6 is 0 Å². The molecule has 0 aliphatic carbocycles. The Morgan fingerprint density at radius 2 is 1.95 bits per heavy atom. The Hall–Kier alpha value is -1.10. The normalized spacial score (nSPS) is 16.4. The van der Waals surface area contributed by atoms with Gasteiger partial charge in [0.2, 0.25) is 5.91 Å². The van der Waals surface area contributed by atoms with E-state index in [1.54, 1.807) is 0 Å². The second kappa shape index (κ2) is 8.15. The lowest BCUT2D eigenvalue weighted by Gasteiger charge is -2.30. The van der Waals surface area contributed by atoms with Crippen molar-refractivity contribution in [3.63, 3.8) is 0 Å². The summed E-state index contributed by atoms with van der Waals surface area (Å²) in [6, 6.07) is 0. The Balaban J connectivity index is 2.55. The summed E-state index contributed by atoms with van der Waals surface area (Å²) >= 11 is 0. The predicted molar refractivity (Wildman–Crippen MR) is 73.6 cm³/mol. The molecule has 1 rings (SSSR count). The van der Waals surface area contributed by atoms with E-state index in [2.05, 4.69) is 23.9 Å². The molecular formula is C14H26N2O3. The van der Waals surface area contributed by atoms with Crippen LogP contribution in [-0.4, -0.2) is 50.1 Å². The van der Waals surface area contributed by atoms with E-state index in [-0.39, 0.29) is 24.2 Å². The van der Waals surface area contributed by atoms with Crippen molar-refractivity contribution in [2.45, 2.75) is 33.1 Å². The van der Waals surface area contributed by atoms with E-state index >= 15 is 0 Å². The van der Waals surface area contributed by atoms with Gasteiger partial charge in [-0.3, -0.25) is 9.59 Å². The van der Waals surface area contributed by atoms with Gasteiger partial charge >= 0.3 is 5.97 Å². The van der Waals surface area contributed by atoms with Gasteiger partial charge in [0.1, 0.15) is 0 Å². The van der Waals surface area contributed by atoms with E-state index in [9.17, 15) is 9.59 Å². The minimum Gasteiger partial charge on any atom is -0.469 e. The van der Waals surface area contributed by atoms with Crippen LogP contribution in [-0.2, 0) is 14.3 Å². The third kappa shape index (κ3) is 5.59. The molecule has 0 aromatic carbocycles. The summed E-state index contributed by atoms with van der Waals surface area (Å²) < 4.78 is 4.64. The zero-order chi connectivity index (χ0) is 14.3. The van der Waals surface area contributed by atoms with Crippen LogP contribution in [0.3, 0.4) is 0 Å². The zero-order valence-electron chi connectivity index (χ0n) is 12.3. The number of hydrogen-bond donors (Lipinski definition) is 1. The lowest BCUT2D eigenvalue weighted by molar-refractivity contribution is -0.142. The van der Waals surface area contributed by atoms with Crippen molar-refractivity contribution in [2.24, 2.45) is 11.8 Å². The maximum atomic E-state index is 12.5. The Labute approximate surface area is 115 Å². The summed E-state index contributed by atoms with van der Waals surface area (Å²) in [5.41, 5.74) is 0. The average molecular weight is 270 g/mol. The Morgan fingerprint density at radius 3 is 2.47 bits per heavy atom. The fourth-order valence-corrected chi connectivity index (χ4v) is 2.39. The topological polar surface area (TPSA) is 58.6 Å². The molecule has 5 heteroatoms. The van der Waals surface area contributed by atoms with Gasteiger partial charge in [-0.2, -0.15) is 0 Å². The number of piperidine rings is 1. The van der Waals surface area contributed by atoms with Crippen molar-refractivity contribution < 1.29 is 14.3 Å². The van der Waals surface area contributed by atoms with Gasteiger partial charge in [0.25, 0.3) is 0 Å². The molecule has 0 radical (unpaired) electrons. The zero-order valence-corrected chi connectivity index (χ0v) is 12.3. The molecule has 0 aromatic rings. The minimum atomic E-state index is -0.258. The predicted octanol–water partition coefficient (Wildman–Crippen LogP) is 1.03. The number of amides is 1. The average Bonchev–Trinajstić information content (AvgIpc) is 2.42. The molecule has 0 saturated carbocycles. The standard InChI is InChI=1S/C14H26N2O3/c1-11(2)10-16(9-6-13(17)19-3)14(18)12-4-7-15-8-5-12/h11-12,15H,4-10H2,1-3H3. The fraction of sp³-hybridized carbons (Fsp3) is 0.857. The summed E-state index contributed by atoms with van der Waals surface area (Å²) in [6.45, 7) is 7.15. The summed E-state index contributed by atoms with van der Waals surface area (Å²) in [5, 5.41) is 3.26. The van der Waals surface area contributed by atoms with E-state index in [1.807, 2.05) is 4.90 Å². The van der Waals surface area contributed by atoms with Gasteiger partial charge in [0.05, 0.1) is 13.5 Å². The lowest BCUT2D eigenvalue weighted by atomic mass is 9.96. The van der Waals surface area contributed by atoms with E-state index in [0.717, 1.165) is 25.9 Å². The summed E-state index contributed by atoms with van der Waals surface area (Å²) in [6.07, 6.45) is 2.07. The van der Waals surface area contributed by atoms with Crippen LogP contribution < -0.4 is 5.32 Å². The molecular weight excluding hydrogens is 244 g/mol. The first-order chi connectivity index (χ1) is 9.04. The van der Waals surface area contributed by atoms with Crippen LogP contribution in [0.4, 0.5) is 0 Å². The minimum absolute atomic E-state index is 0.109. The number of carbonyl (C=O) groups excluding carboxylic acids is 2. The highest BCUT2D eigenvalue weighted by atomic mass is 16.5. The third-order valence-electron chi connectivity index (χ3n) is 3.40. The second-order valence-corrected chi connectivity index (χ2v) is 5.53. The largest absolute Gasteiger partial charge is 0.469 e. The van der Waals surface area contributed by atoms with Crippen LogP contribution in [0.2, 0.25) is 0 Å². The van der Waals surface area contributed by atoms with Crippen molar-refractivity contribution in [2.75, 3.05) is 33.3 Å². The lowest BCUT2D eigenvalue weighted by Crippen LogP contribution is -2.43. The van der Waals surface area contributed by atoms with Gasteiger partial charge in [-0.05, 0) is 31.8 Å². The number of esters is 1. The van der Waals surface area contributed by atoms with Gasteiger partial charge in [-0.1, -0.05) is 13.8 Å². The molecule has 19 heavy (non-hydrogen) atoms. The Bertz CT molecular complexity index is 299. The van der Waals surface area contributed by atoms with E-state index in [0.29, 0.717) is 19.0 Å². The van der Waals surface area contributed by atoms with Gasteiger partial charge in [0, 0.05) is 19.0 Å². The van der Waals surface area contributed by atoms with E-state index < -0.39 is 0 Å².